The molecule has 0 radical (unpaired) electrons. The van der Waals surface area contributed by atoms with E-state index in [2.05, 4.69) is 42.7 Å². The number of benzene rings is 2. The van der Waals surface area contributed by atoms with E-state index in [0.717, 1.165) is 54.4 Å². The van der Waals surface area contributed by atoms with Gasteiger partial charge in [-0.3, -0.25) is 14.5 Å². The van der Waals surface area contributed by atoms with Crippen LogP contribution in [0.5, 0.6) is 11.5 Å². The van der Waals surface area contributed by atoms with Gasteiger partial charge < -0.3 is 15.0 Å². The van der Waals surface area contributed by atoms with E-state index in [1.54, 1.807) is 12.3 Å². The molecule has 4 aromatic rings. The monoisotopic (exact) mass is 599 g/mol. The van der Waals surface area contributed by atoms with Crippen molar-refractivity contribution in [3.8, 4) is 22.8 Å². The molecule has 1 fully saturated rings. The van der Waals surface area contributed by atoms with Crippen LogP contribution in [0.3, 0.4) is 0 Å². The summed E-state index contributed by atoms with van der Waals surface area (Å²) in [5, 5.41) is 7.78. The van der Waals surface area contributed by atoms with Crippen LogP contribution in [-0.4, -0.2) is 38.7 Å². The molecule has 1 amide bonds. The van der Waals surface area contributed by atoms with Crippen molar-refractivity contribution in [2.24, 2.45) is 5.41 Å². The van der Waals surface area contributed by atoms with E-state index < -0.39 is 11.6 Å². The number of rotatable bonds is 9. The fourth-order valence-corrected chi connectivity index (χ4v) is 5.44. The van der Waals surface area contributed by atoms with Crippen LogP contribution in [0, 0.1) is 24.0 Å². The van der Waals surface area contributed by atoms with Crippen molar-refractivity contribution < 1.29 is 18.3 Å². The number of pyridine rings is 1. The van der Waals surface area contributed by atoms with Crippen molar-refractivity contribution in [3.05, 3.63) is 102 Å². The molecule has 1 N–H and O–H groups in total. The van der Waals surface area contributed by atoms with Crippen LogP contribution >= 0.6 is 0 Å². The molecule has 2 aromatic heterocycles. The van der Waals surface area contributed by atoms with Gasteiger partial charge >= 0.3 is 0 Å². The molecule has 230 valence electrons. The molecular weight excluding hydrogens is 560 g/mol. The minimum absolute atomic E-state index is 0.0163. The van der Waals surface area contributed by atoms with E-state index >= 15 is 0 Å². The Kier molecular flexibility index (Phi) is 9.13. The molecule has 0 saturated carbocycles. The molecular formula is C35H39F2N5O2. The maximum Gasteiger partial charge on any atom is 0.223 e. The SMILES string of the molecule is C=C(NCc1cc(F)cc(F)c1)c1cccc(Oc2ccnc(-c3cnn(C4CCN(C(=O)CC(C)(C)C)CC4)c3)c2)c1C. The quantitative estimate of drug-likeness (QED) is 0.214. The highest BCUT2D eigenvalue weighted by molar-refractivity contribution is 5.77. The Labute approximate surface area is 257 Å². The zero-order valence-corrected chi connectivity index (χ0v) is 25.7. The Morgan fingerprint density at radius 3 is 2.52 bits per heavy atom. The van der Waals surface area contributed by atoms with Gasteiger partial charge in [0.25, 0.3) is 0 Å². The fraction of sp³-hybridized carbons (Fsp3) is 0.343. The third-order valence-corrected chi connectivity index (χ3v) is 7.77. The molecule has 0 atom stereocenters. The smallest absolute Gasteiger partial charge is 0.223 e. The minimum Gasteiger partial charge on any atom is -0.457 e. The Balaban J connectivity index is 1.22. The normalized spacial score (nSPS) is 14.0. The average Bonchev–Trinajstić information content (AvgIpc) is 3.47. The van der Waals surface area contributed by atoms with Crippen molar-refractivity contribution in [3.63, 3.8) is 0 Å². The molecule has 3 heterocycles. The lowest BCUT2D eigenvalue weighted by molar-refractivity contribution is -0.134. The van der Waals surface area contributed by atoms with Gasteiger partial charge in [-0.15, -0.1) is 0 Å². The summed E-state index contributed by atoms with van der Waals surface area (Å²) in [6, 6.07) is 13.0. The van der Waals surface area contributed by atoms with E-state index in [0.29, 0.717) is 29.2 Å². The van der Waals surface area contributed by atoms with Gasteiger partial charge in [0.1, 0.15) is 23.1 Å². The van der Waals surface area contributed by atoms with Gasteiger partial charge in [0.2, 0.25) is 5.91 Å². The van der Waals surface area contributed by atoms with Crippen molar-refractivity contribution in [1.82, 2.24) is 25.0 Å². The molecule has 44 heavy (non-hydrogen) atoms. The van der Waals surface area contributed by atoms with Crippen LogP contribution in [0.1, 0.15) is 62.8 Å². The average molecular weight is 600 g/mol. The van der Waals surface area contributed by atoms with Gasteiger partial charge in [-0.25, -0.2) is 8.78 Å². The predicted octanol–water partition coefficient (Wildman–Crippen LogP) is 7.68. The molecule has 0 unspecified atom stereocenters. The molecule has 2 aromatic carbocycles. The number of nitrogens with zero attached hydrogens (tertiary/aromatic N) is 4. The van der Waals surface area contributed by atoms with E-state index in [9.17, 15) is 13.6 Å². The Morgan fingerprint density at radius 2 is 1.82 bits per heavy atom. The van der Waals surface area contributed by atoms with Gasteiger partial charge in [-0.1, -0.05) is 39.5 Å². The first-order valence-electron chi connectivity index (χ1n) is 14.9. The third-order valence-electron chi connectivity index (χ3n) is 7.77. The van der Waals surface area contributed by atoms with Crippen LogP contribution < -0.4 is 10.1 Å². The highest BCUT2D eigenvalue weighted by atomic mass is 19.1. The lowest BCUT2D eigenvalue weighted by atomic mass is 9.91. The highest BCUT2D eigenvalue weighted by Gasteiger charge is 2.27. The molecule has 1 aliphatic heterocycles. The zero-order chi connectivity index (χ0) is 31.4. The van der Waals surface area contributed by atoms with Crippen LogP contribution in [0.25, 0.3) is 17.0 Å². The summed E-state index contributed by atoms with van der Waals surface area (Å²) >= 11 is 0. The van der Waals surface area contributed by atoms with Gasteiger partial charge in [0, 0.05) is 73.0 Å². The molecule has 7 nitrogen and oxygen atoms in total. The standard InChI is InChI=1S/C35H39F2N5O2/c1-23-31(24(2)39-20-25-15-27(36)17-28(37)16-25)7-6-8-33(23)44-30-9-12-38-32(18-30)26-21-40-42(22-26)29-10-13-41(14-11-29)34(43)19-35(3,4)5/h6-9,12,15-18,21-22,29,39H,2,10-11,13-14,19-20H2,1,3-5H3. The molecule has 5 rings (SSSR count). The van der Waals surface area contributed by atoms with E-state index in [1.165, 1.54) is 12.1 Å². The van der Waals surface area contributed by atoms with Gasteiger partial charge in [-0.05, 0) is 55.0 Å². The Bertz CT molecular complexity index is 1630. The van der Waals surface area contributed by atoms with Gasteiger partial charge in [0.05, 0.1) is 17.9 Å². The number of carbonyl (C=O) groups excluding carboxylic acids is 1. The summed E-state index contributed by atoms with van der Waals surface area (Å²) in [5.41, 5.74) is 4.42. The predicted molar refractivity (Wildman–Crippen MR) is 168 cm³/mol. The lowest BCUT2D eigenvalue weighted by Crippen LogP contribution is -2.40. The number of likely N-dealkylation sites (tertiary alicyclic amines) is 1. The summed E-state index contributed by atoms with van der Waals surface area (Å²) < 4.78 is 35.4. The molecule has 1 saturated heterocycles. The highest BCUT2D eigenvalue weighted by Crippen LogP contribution is 2.32. The number of aromatic nitrogens is 3. The number of hydrogen-bond donors (Lipinski definition) is 1. The van der Waals surface area contributed by atoms with Crippen molar-refractivity contribution >= 4 is 11.6 Å². The van der Waals surface area contributed by atoms with Crippen LogP contribution in [-0.2, 0) is 11.3 Å². The number of halogens is 2. The summed E-state index contributed by atoms with van der Waals surface area (Å²) in [6.45, 7) is 14.0. The Hall–Kier alpha value is -4.53. The second-order valence-electron chi connectivity index (χ2n) is 12.6. The van der Waals surface area contributed by atoms with Crippen molar-refractivity contribution in [2.45, 2.75) is 59.5 Å². The van der Waals surface area contributed by atoms with E-state index in [-0.39, 0.29) is 23.9 Å². The summed E-state index contributed by atoms with van der Waals surface area (Å²) in [5.74, 6) is 0.270. The molecule has 0 bridgehead atoms. The maximum atomic E-state index is 13.6. The largest absolute Gasteiger partial charge is 0.457 e. The maximum absolute atomic E-state index is 13.6. The fourth-order valence-electron chi connectivity index (χ4n) is 5.44. The lowest BCUT2D eigenvalue weighted by Gasteiger charge is -2.33. The van der Waals surface area contributed by atoms with Crippen LogP contribution in [0.2, 0.25) is 0 Å². The first kappa shape index (κ1) is 30.9. The zero-order valence-electron chi connectivity index (χ0n) is 25.7. The number of carbonyl (C=O) groups is 1. The van der Waals surface area contributed by atoms with E-state index in [1.807, 2.05) is 53.2 Å². The van der Waals surface area contributed by atoms with Crippen LogP contribution in [0.4, 0.5) is 8.78 Å². The Morgan fingerprint density at radius 1 is 1.09 bits per heavy atom. The molecule has 0 aliphatic carbocycles. The first-order valence-corrected chi connectivity index (χ1v) is 14.9. The number of piperidine rings is 1. The van der Waals surface area contributed by atoms with Crippen molar-refractivity contribution in [1.29, 1.82) is 0 Å². The third kappa shape index (κ3) is 7.70. The second-order valence-corrected chi connectivity index (χ2v) is 12.6. The van der Waals surface area contributed by atoms with Gasteiger partial charge in [0.15, 0.2) is 0 Å². The second kappa shape index (κ2) is 13.0. The van der Waals surface area contributed by atoms with Crippen LogP contribution in [0.15, 0.2) is 73.7 Å². The number of hydrogen-bond acceptors (Lipinski definition) is 5. The first-order chi connectivity index (χ1) is 20.9. The summed E-state index contributed by atoms with van der Waals surface area (Å²) in [7, 11) is 0. The number of nitrogens with one attached hydrogen (secondary N) is 1. The number of amides is 1. The number of ether oxygens (including phenoxy) is 1. The minimum atomic E-state index is -0.617. The summed E-state index contributed by atoms with van der Waals surface area (Å²) in [4.78, 5) is 19.2. The molecule has 1 aliphatic rings. The molecule has 9 heteroatoms. The summed E-state index contributed by atoms with van der Waals surface area (Å²) in [6.07, 6.45) is 7.82. The van der Waals surface area contributed by atoms with Gasteiger partial charge in [-0.2, -0.15) is 5.10 Å². The van der Waals surface area contributed by atoms with E-state index in [4.69, 9.17) is 4.74 Å². The topological polar surface area (TPSA) is 72.3 Å². The molecule has 0 spiro atoms. The van der Waals surface area contributed by atoms with Crippen molar-refractivity contribution in [2.75, 3.05) is 13.1 Å².